The van der Waals surface area contributed by atoms with Crippen molar-refractivity contribution in [1.29, 1.82) is 0 Å². The lowest BCUT2D eigenvalue weighted by Crippen LogP contribution is -2.07. The van der Waals surface area contributed by atoms with Crippen LogP contribution in [0.15, 0.2) is 60.9 Å². The number of aromatic hydroxyl groups is 3. The monoisotopic (exact) mass is 364 g/mol. The quantitative estimate of drug-likeness (QED) is 0.369. The van der Waals surface area contributed by atoms with Crippen LogP contribution in [0.2, 0.25) is 0 Å². The van der Waals surface area contributed by atoms with Crippen LogP contribution in [0.4, 0.5) is 0 Å². The first-order valence-corrected chi connectivity index (χ1v) is 7.86. The number of hydrogen-bond donors (Lipinski definition) is 3. The van der Waals surface area contributed by atoms with Crippen LogP contribution < -0.4 is 11.3 Å². The fraction of sp³-hybridized carbons (Fsp3) is 0. The molecule has 0 radical (unpaired) electrons. The predicted molar refractivity (Wildman–Crippen MR) is 98.9 cm³/mol. The van der Waals surface area contributed by atoms with Crippen LogP contribution in [-0.2, 0) is 0 Å². The molecule has 0 saturated heterocycles. The van der Waals surface area contributed by atoms with Gasteiger partial charge in [0.05, 0.1) is 5.39 Å². The van der Waals surface area contributed by atoms with Crippen LogP contribution in [0.3, 0.4) is 0 Å². The van der Waals surface area contributed by atoms with Crippen LogP contribution >= 0.6 is 0 Å². The van der Waals surface area contributed by atoms with Crippen LogP contribution in [0.1, 0.15) is 11.3 Å². The van der Waals surface area contributed by atoms with E-state index in [9.17, 15) is 24.9 Å². The van der Waals surface area contributed by atoms with Crippen molar-refractivity contribution in [3.63, 3.8) is 0 Å². The normalized spacial score (nSPS) is 11.6. The van der Waals surface area contributed by atoms with Crippen molar-refractivity contribution in [3.05, 3.63) is 74.6 Å². The zero-order valence-corrected chi connectivity index (χ0v) is 13.7. The molecule has 0 bridgehead atoms. The molecule has 0 amide bonds. The zero-order chi connectivity index (χ0) is 19.1. The molecule has 7 heteroatoms. The average Bonchev–Trinajstić information content (AvgIpc) is 2.62. The number of benzene rings is 2. The third kappa shape index (κ3) is 2.91. The van der Waals surface area contributed by atoms with Crippen molar-refractivity contribution in [1.82, 2.24) is 0 Å². The van der Waals surface area contributed by atoms with E-state index in [0.29, 0.717) is 0 Å². The maximum atomic E-state index is 12.4. The van der Waals surface area contributed by atoms with Gasteiger partial charge in [0, 0.05) is 11.5 Å². The summed E-state index contributed by atoms with van der Waals surface area (Å²) in [7, 11) is 0. The van der Waals surface area contributed by atoms with Crippen LogP contribution in [-0.4, -0.2) is 15.3 Å². The summed E-state index contributed by atoms with van der Waals surface area (Å²) in [5.74, 6) is -0.671. The molecule has 4 aromatic rings. The fourth-order valence-corrected chi connectivity index (χ4v) is 2.77. The predicted octanol–water partition coefficient (Wildman–Crippen LogP) is 3.19. The van der Waals surface area contributed by atoms with Crippen molar-refractivity contribution < 1.29 is 24.2 Å². The summed E-state index contributed by atoms with van der Waals surface area (Å²) in [6.07, 6.45) is 3.18. The van der Waals surface area contributed by atoms with Gasteiger partial charge in [-0.3, -0.25) is 0 Å². The van der Waals surface area contributed by atoms with Crippen molar-refractivity contribution in [2.45, 2.75) is 0 Å². The van der Waals surface area contributed by atoms with E-state index in [2.05, 4.69) is 0 Å². The lowest BCUT2D eigenvalue weighted by atomic mass is 10.1. The molecule has 0 aliphatic heterocycles. The SMILES string of the molecule is O=c1oc2cc(C=Cc3ccc(O)cc3)oc(=O)c2c2cc(O)c(O)cc12. The highest BCUT2D eigenvalue weighted by Gasteiger charge is 2.15. The van der Waals surface area contributed by atoms with Crippen molar-refractivity contribution in [2.24, 2.45) is 0 Å². The Balaban J connectivity index is 1.90. The highest BCUT2D eigenvalue weighted by atomic mass is 16.4. The number of fused-ring (bicyclic) bond motifs is 3. The number of rotatable bonds is 2. The van der Waals surface area contributed by atoms with Crippen molar-refractivity contribution >= 4 is 33.9 Å². The summed E-state index contributed by atoms with van der Waals surface area (Å²) in [4.78, 5) is 24.6. The van der Waals surface area contributed by atoms with E-state index in [0.717, 1.165) is 17.7 Å². The van der Waals surface area contributed by atoms with Crippen LogP contribution in [0.5, 0.6) is 17.2 Å². The van der Waals surface area contributed by atoms with Crippen molar-refractivity contribution in [3.8, 4) is 17.2 Å². The van der Waals surface area contributed by atoms with Gasteiger partial charge in [0.1, 0.15) is 22.5 Å². The Morgan fingerprint density at radius 1 is 0.741 bits per heavy atom. The summed E-state index contributed by atoms with van der Waals surface area (Å²) < 4.78 is 10.4. The minimum absolute atomic E-state index is 0.000745. The molecule has 0 atom stereocenters. The molecular formula is C20H12O7. The lowest BCUT2D eigenvalue weighted by Gasteiger charge is -2.04. The Bertz CT molecular complexity index is 1330. The molecule has 2 aromatic carbocycles. The van der Waals surface area contributed by atoms with Gasteiger partial charge < -0.3 is 24.2 Å². The van der Waals surface area contributed by atoms with Gasteiger partial charge in [-0.15, -0.1) is 0 Å². The molecule has 0 aliphatic carbocycles. The molecular weight excluding hydrogens is 352 g/mol. The average molecular weight is 364 g/mol. The maximum absolute atomic E-state index is 12.4. The Labute approximate surface area is 150 Å². The summed E-state index contributed by atoms with van der Waals surface area (Å²) in [6.45, 7) is 0. The fourth-order valence-electron chi connectivity index (χ4n) is 2.77. The first-order valence-electron chi connectivity index (χ1n) is 7.86. The molecule has 2 heterocycles. The topological polar surface area (TPSA) is 121 Å². The van der Waals surface area contributed by atoms with Gasteiger partial charge in [-0.2, -0.15) is 0 Å². The molecule has 134 valence electrons. The first kappa shape index (κ1) is 16.5. The summed E-state index contributed by atoms with van der Waals surface area (Å²) in [5, 5.41) is 28.6. The lowest BCUT2D eigenvalue weighted by molar-refractivity contribution is 0.404. The number of phenols is 3. The van der Waals surface area contributed by atoms with Crippen LogP contribution in [0.25, 0.3) is 33.9 Å². The van der Waals surface area contributed by atoms with Gasteiger partial charge in [0.15, 0.2) is 11.5 Å². The van der Waals surface area contributed by atoms with Gasteiger partial charge in [0.2, 0.25) is 0 Å². The Hall–Kier alpha value is -4.00. The minimum atomic E-state index is -0.758. The standard InChI is InChI=1S/C20H12O7/c21-11-4-1-10(2-5-11)3-6-12-7-17-18(20(25)26-12)13-8-15(22)16(23)9-14(13)19(24)27-17/h1-9,21-23H. The Morgan fingerprint density at radius 3 is 2.11 bits per heavy atom. The van der Waals surface area contributed by atoms with Gasteiger partial charge >= 0.3 is 11.3 Å². The minimum Gasteiger partial charge on any atom is -0.508 e. The number of phenolic OH excluding ortho intramolecular Hbond substituents is 3. The van der Waals surface area contributed by atoms with E-state index in [1.165, 1.54) is 24.3 Å². The molecule has 3 N–H and O–H groups in total. The first-order chi connectivity index (χ1) is 12.9. The Morgan fingerprint density at radius 2 is 1.41 bits per heavy atom. The van der Waals surface area contributed by atoms with E-state index < -0.39 is 22.8 Å². The maximum Gasteiger partial charge on any atom is 0.348 e. The molecule has 0 spiro atoms. The van der Waals surface area contributed by atoms with Crippen molar-refractivity contribution in [2.75, 3.05) is 0 Å². The number of hydrogen-bond acceptors (Lipinski definition) is 7. The smallest absolute Gasteiger partial charge is 0.348 e. The van der Waals surface area contributed by atoms with Gasteiger partial charge in [-0.25, -0.2) is 9.59 Å². The van der Waals surface area contributed by atoms with E-state index in [1.54, 1.807) is 18.2 Å². The largest absolute Gasteiger partial charge is 0.508 e. The summed E-state index contributed by atoms with van der Waals surface area (Å²) in [6, 6.07) is 9.92. The highest BCUT2D eigenvalue weighted by molar-refractivity contribution is 6.05. The molecule has 2 aromatic heterocycles. The molecule has 7 nitrogen and oxygen atoms in total. The molecule has 27 heavy (non-hydrogen) atoms. The third-order valence-corrected chi connectivity index (χ3v) is 4.07. The molecule has 0 unspecified atom stereocenters. The molecule has 0 aliphatic rings. The Kier molecular flexibility index (Phi) is 3.70. The molecule has 0 fully saturated rings. The third-order valence-electron chi connectivity index (χ3n) is 4.07. The van der Waals surface area contributed by atoms with E-state index in [1.807, 2.05) is 0 Å². The van der Waals surface area contributed by atoms with E-state index in [-0.39, 0.29) is 33.3 Å². The molecule has 4 rings (SSSR count). The van der Waals surface area contributed by atoms with Crippen LogP contribution in [0, 0.1) is 0 Å². The highest BCUT2D eigenvalue weighted by Crippen LogP contribution is 2.31. The molecule has 0 saturated carbocycles. The second-order valence-corrected chi connectivity index (χ2v) is 5.88. The van der Waals surface area contributed by atoms with Gasteiger partial charge in [-0.05, 0) is 35.9 Å². The zero-order valence-electron chi connectivity index (χ0n) is 13.7. The summed E-state index contributed by atoms with van der Waals surface area (Å²) >= 11 is 0. The van der Waals surface area contributed by atoms with Gasteiger partial charge in [0.25, 0.3) is 0 Å². The van der Waals surface area contributed by atoms with E-state index in [4.69, 9.17) is 8.83 Å². The second-order valence-electron chi connectivity index (χ2n) is 5.88. The van der Waals surface area contributed by atoms with Gasteiger partial charge in [-0.1, -0.05) is 18.2 Å². The second kappa shape index (κ2) is 6.06. The summed E-state index contributed by atoms with van der Waals surface area (Å²) in [5.41, 5.74) is -0.751. The van der Waals surface area contributed by atoms with E-state index >= 15 is 0 Å².